The number of carbonyl (C=O) groups excluding carboxylic acids is 1. The molecule has 1 aliphatic rings. The third kappa shape index (κ3) is 4.58. The van der Waals surface area contributed by atoms with Crippen LogP contribution in [-0.2, 0) is 9.53 Å². The SMILES string of the molecule is CCC1(C(=O)NCCCCOC(C)C)CCNC1. The smallest absolute Gasteiger partial charge is 0.227 e. The molecule has 0 aliphatic carbocycles. The summed E-state index contributed by atoms with van der Waals surface area (Å²) < 4.78 is 5.47. The number of unbranched alkanes of at least 4 members (excludes halogenated alkanes) is 1. The molecule has 4 nitrogen and oxygen atoms in total. The maximum atomic E-state index is 12.2. The minimum Gasteiger partial charge on any atom is -0.379 e. The molecular formula is C14H28N2O2. The predicted molar refractivity (Wildman–Crippen MR) is 73.5 cm³/mol. The van der Waals surface area contributed by atoms with Crippen molar-refractivity contribution in [2.45, 2.75) is 52.6 Å². The highest BCUT2D eigenvalue weighted by Crippen LogP contribution is 2.29. The average Bonchev–Trinajstić information content (AvgIpc) is 2.83. The molecular weight excluding hydrogens is 228 g/mol. The topological polar surface area (TPSA) is 50.4 Å². The molecule has 0 radical (unpaired) electrons. The lowest BCUT2D eigenvalue weighted by Crippen LogP contribution is -2.42. The van der Waals surface area contributed by atoms with Gasteiger partial charge in [-0.25, -0.2) is 0 Å². The average molecular weight is 256 g/mol. The molecule has 4 heteroatoms. The van der Waals surface area contributed by atoms with Gasteiger partial charge in [-0.15, -0.1) is 0 Å². The van der Waals surface area contributed by atoms with Gasteiger partial charge in [-0.1, -0.05) is 6.92 Å². The van der Waals surface area contributed by atoms with Crippen LogP contribution in [-0.4, -0.2) is 38.3 Å². The lowest BCUT2D eigenvalue weighted by atomic mass is 9.83. The zero-order valence-electron chi connectivity index (χ0n) is 12.1. The molecule has 1 rings (SSSR count). The van der Waals surface area contributed by atoms with Gasteiger partial charge in [0.25, 0.3) is 0 Å². The van der Waals surface area contributed by atoms with Crippen LogP contribution in [0.5, 0.6) is 0 Å². The summed E-state index contributed by atoms with van der Waals surface area (Å²) in [5, 5.41) is 6.36. The van der Waals surface area contributed by atoms with Gasteiger partial charge in [0.05, 0.1) is 11.5 Å². The molecule has 0 bridgehead atoms. The van der Waals surface area contributed by atoms with E-state index >= 15 is 0 Å². The van der Waals surface area contributed by atoms with Gasteiger partial charge >= 0.3 is 0 Å². The molecule has 1 fully saturated rings. The largest absolute Gasteiger partial charge is 0.379 e. The number of ether oxygens (including phenoxy) is 1. The molecule has 106 valence electrons. The Balaban J connectivity index is 2.13. The maximum Gasteiger partial charge on any atom is 0.227 e. The van der Waals surface area contributed by atoms with Crippen LogP contribution in [0.15, 0.2) is 0 Å². The van der Waals surface area contributed by atoms with Gasteiger partial charge in [-0.05, 0) is 46.1 Å². The Morgan fingerprint density at radius 1 is 1.44 bits per heavy atom. The molecule has 1 atom stereocenters. The minimum absolute atomic E-state index is 0.158. The van der Waals surface area contributed by atoms with Crippen LogP contribution in [0.3, 0.4) is 0 Å². The Morgan fingerprint density at radius 3 is 2.78 bits per heavy atom. The summed E-state index contributed by atoms with van der Waals surface area (Å²) >= 11 is 0. The normalized spacial score (nSPS) is 23.6. The lowest BCUT2D eigenvalue weighted by Gasteiger charge is -2.25. The van der Waals surface area contributed by atoms with Crippen molar-refractivity contribution >= 4 is 5.91 Å². The van der Waals surface area contributed by atoms with Crippen molar-refractivity contribution < 1.29 is 9.53 Å². The highest BCUT2D eigenvalue weighted by atomic mass is 16.5. The molecule has 18 heavy (non-hydrogen) atoms. The molecule has 0 saturated carbocycles. The van der Waals surface area contributed by atoms with E-state index in [1.165, 1.54) is 0 Å². The van der Waals surface area contributed by atoms with Crippen LogP contribution in [0.4, 0.5) is 0 Å². The summed E-state index contributed by atoms with van der Waals surface area (Å²) in [6.45, 7) is 9.52. The predicted octanol–water partition coefficient (Wildman–Crippen LogP) is 1.70. The first-order valence-electron chi connectivity index (χ1n) is 7.21. The fourth-order valence-electron chi connectivity index (χ4n) is 2.34. The van der Waals surface area contributed by atoms with Gasteiger partial charge in [0.15, 0.2) is 0 Å². The zero-order chi connectivity index (χ0) is 13.4. The molecule has 0 aromatic rings. The van der Waals surface area contributed by atoms with Gasteiger partial charge in [0.1, 0.15) is 0 Å². The first kappa shape index (κ1) is 15.4. The van der Waals surface area contributed by atoms with E-state index < -0.39 is 0 Å². The third-order valence-corrected chi connectivity index (χ3v) is 3.71. The Kier molecular flexibility index (Phi) is 6.65. The van der Waals surface area contributed by atoms with Crippen LogP contribution in [0.1, 0.15) is 46.5 Å². The van der Waals surface area contributed by atoms with E-state index in [2.05, 4.69) is 17.6 Å². The summed E-state index contributed by atoms with van der Waals surface area (Å²) in [6.07, 6.45) is 4.18. The van der Waals surface area contributed by atoms with E-state index in [1.807, 2.05) is 13.8 Å². The third-order valence-electron chi connectivity index (χ3n) is 3.71. The van der Waals surface area contributed by atoms with Crippen molar-refractivity contribution in [3.63, 3.8) is 0 Å². The maximum absolute atomic E-state index is 12.2. The highest BCUT2D eigenvalue weighted by molar-refractivity contribution is 5.83. The monoisotopic (exact) mass is 256 g/mol. The molecule has 1 heterocycles. The summed E-state index contributed by atoms with van der Waals surface area (Å²) in [4.78, 5) is 12.2. The summed E-state index contributed by atoms with van der Waals surface area (Å²) in [5.74, 6) is 0.222. The van der Waals surface area contributed by atoms with Gasteiger partial charge in [0.2, 0.25) is 5.91 Å². The quantitative estimate of drug-likeness (QED) is 0.650. The van der Waals surface area contributed by atoms with Crippen molar-refractivity contribution in [2.24, 2.45) is 5.41 Å². The fraction of sp³-hybridized carbons (Fsp3) is 0.929. The van der Waals surface area contributed by atoms with Crippen molar-refractivity contribution in [1.29, 1.82) is 0 Å². The number of hydrogen-bond donors (Lipinski definition) is 2. The van der Waals surface area contributed by atoms with E-state index in [0.717, 1.165) is 51.9 Å². The van der Waals surface area contributed by atoms with Crippen molar-refractivity contribution in [2.75, 3.05) is 26.2 Å². The first-order valence-corrected chi connectivity index (χ1v) is 7.21. The standard InChI is InChI=1S/C14H28N2O2/c1-4-14(7-9-15-11-14)13(17)16-8-5-6-10-18-12(2)3/h12,15H,4-11H2,1-3H3,(H,16,17). The summed E-state index contributed by atoms with van der Waals surface area (Å²) in [6, 6.07) is 0. The second kappa shape index (κ2) is 7.74. The molecule has 1 aliphatic heterocycles. The number of carbonyl (C=O) groups is 1. The van der Waals surface area contributed by atoms with Gasteiger partial charge in [-0.3, -0.25) is 4.79 Å². The van der Waals surface area contributed by atoms with E-state index in [0.29, 0.717) is 6.10 Å². The van der Waals surface area contributed by atoms with E-state index in [1.54, 1.807) is 0 Å². The Labute approximate surface area is 111 Å². The Hall–Kier alpha value is -0.610. The minimum atomic E-state index is -0.158. The summed E-state index contributed by atoms with van der Waals surface area (Å²) in [7, 11) is 0. The second-order valence-corrected chi connectivity index (χ2v) is 5.44. The van der Waals surface area contributed by atoms with Crippen LogP contribution in [0.25, 0.3) is 0 Å². The molecule has 1 saturated heterocycles. The highest BCUT2D eigenvalue weighted by Gasteiger charge is 2.38. The molecule has 2 N–H and O–H groups in total. The van der Waals surface area contributed by atoms with Crippen LogP contribution in [0.2, 0.25) is 0 Å². The van der Waals surface area contributed by atoms with E-state index in [-0.39, 0.29) is 11.3 Å². The number of amides is 1. The Bertz CT molecular complexity index is 248. The Morgan fingerprint density at radius 2 is 2.22 bits per heavy atom. The van der Waals surface area contributed by atoms with E-state index in [4.69, 9.17) is 4.74 Å². The first-order chi connectivity index (χ1) is 8.60. The van der Waals surface area contributed by atoms with Crippen LogP contribution < -0.4 is 10.6 Å². The number of hydrogen-bond acceptors (Lipinski definition) is 3. The van der Waals surface area contributed by atoms with Crippen molar-refractivity contribution in [3.05, 3.63) is 0 Å². The summed E-state index contributed by atoms with van der Waals surface area (Å²) in [5.41, 5.74) is -0.158. The van der Waals surface area contributed by atoms with E-state index in [9.17, 15) is 4.79 Å². The molecule has 0 aromatic carbocycles. The van der Waals surface area contributed by atoms with Crippen LogP contribution in [0, 0.1) is 5.41 Å². The number of nitrogens with one attached hydrogen (secondary N) is 2. The number of rotatable bonds is 8. The van der Waals surface area contributed by atoms with Crippen molar-refractivity contribution in [3.8, 4) is 0 Å². The van der Waals surface area contributed by atoms with Gasteiger partial charge < -0.3 is 15.4 Å². The lowest BCUT2D eigenvalue weighted by molar-refractivity contribution is -0.130. The molecule has 0 aromatic heterocycles. The molecule has 1 unspecified atom stereocenters. The second-order valence-electron chi connectivity index (χ2n) is 5.44. The fourth-order valence-corrected chi connectivity index (χ4v) is 2.34. The molecule has 1 amide bonds. The van der Waals surface area contributed by atoms with Crippen molar-refractivity contribution in [1.82, 2.24) is 10.6 Å². The van der Waals surface area contributed by atoms with Gasteiger partial charge in [0, 0.05) is 19.7 Å². The van der Waals surface area contributed by atoms with Crippen LogP contribution >= 0.6 is 0 Å². The van der Waals surface area contributed by atoms with Gasteiger partial charge in [-0.2, -0.15) is 0 Å². The zero-order valence-corrected chi connectivity index (χ0v) is 12.1. The molecule has 0 spiro atoms.